The molecular formula is C14H20FNO. The lowest BCUT2D eigenvalue weighted by molar-refractivity contribution is 0.341. The van der Waals surface area contributed by atoms with Gasteiger partial charge >= 0.3 is 0 Å². The molecule has 1 aromatic rings. The summed E-state index contributed by atoms with van der Waals surface area (Å²) < 4.78 is 19.0. The third-order valence-corrected chi connectivity index (χ3v) is 2.54. The summed E-state index contributed by atoms with van der Waals surface area (Å²) in [6.07, 6.45) is 3.72. The summed E-state index contributed by atoms with van der Waals surface area (Å²) in [5.74, 6) is -0.00713. The number of ether oxygens (including phenoxy) is 1. The fraction of sp³-hybridized carbons (Fsp3) is 0.429. The maximum atomic E-state index is 13.7. The van der Waals surface area contributed by atoms with Crippen LogP contribution in [0.15, 0.2) is 30.4 Å². The Labute approximate surface area is 102 Å². The summed E-state index contributed by atoms with van der Waals surface area (Å²) in [5, 5.41) is 3.24. The molecule has 0 amide bonds. The Morgan fingerprint density at radius 2 is 2.24 bits per heavy atom. The monoisotopic (exact) mass is 237 g/mol. The molecule has 0 radical (unpaired) electrons. The maximum absolute atomic E-state index is 13.7. The van der Waals surface area contributed by atoms with Gasteiger partial charge in [-0.2, -0.15) is 0 Å². The molecule has 0 bridgehead atoms. The van der Waals surface area contributed by atoms with Crippen LogP contribution in [0.2, 0.25) is 0 Å². The molecule has 3 heteroatoms. The zero-order valence-electron chi connectivity index (χ0n) is 10.7. The van der Waals surface area contributed by atoms with Gasteiger partial charge < -0.3 is 10.1 Å². The van der Waals surface area contributed by atoms with Gasteiger partial charge in [-0.05, 0) is 38.1 Å². The molecular weight excluding hydrogens is 217 g/mol. The van der Waals surface area contributed by atoms with Crippen molar-refractivity contribution in [1.29, 1.82) is 0 Å². The van der Waals surface area contributed by atoms with Gasteiger partial charge in [0.2, 0.25) is 0 Å². The van der Waals surface area contributed by atoms with Crippen LogP contribution in [0.4, 0.5) is 4.39 Å². The fourth-order valence-corrected chi connectivity index (χ4v) is 1.56. The highest BCUT2D eigenvalue weighted by molar-refractivity contribution is 5.31. The Balaban J connectivity index is 2.71. The number of halogens is 1. The van der Waals surface area contributed by atoms with Crippen molar-refractivity contribution in [1.82, 2.24) is 5.32 Å². The Kier molecular flexibility index (Phi) is 5.70. The van der Waals surface area contributed by atoms with Crippen molar-refractivity contribution in [3.05, 3.63) is 41.7 Å². The molecule has 0 saturated carbocycles. The van der Waals surface area contributed by atoms with Gasteiger partial charge in [-0.1, -0.05) is 25.1 Å². The van der Waals surface area contributed by atoms with Crippen LogP contribution in [-0.4, -0.2) is 13.2 Å². The van der Waals surface area contributed by atoms with E-state index in [0.717, 1.165) is 12.1 Å². The Morgan fingerprint density at radius 3 is 2.82 bits per heavy atom. The van der Waals surface area contributed by atoms with E-state index in [1.807, 2.05) is 39.0 Å². The first-order valence-electron chi connectivity index (χ1n) is 5.95. The third kappa shape index (κ3) is 4.19. The zero-order valence-corrected chi connectivity index (χ0v) is 10.7. The van der Waals surface area contributed by atoms with E-state index in [-0.39, 0.29) is 11.9 Å². The summed E-state index contributed by atoms with van der Waals surface area (Å²) in [7, 11) is 0. The van der Waals surface area contributed by atoms with Crippen LogP contribution in [0, 0.1) is 5.82 Å². The van der Waals surface area contributed by atoms with Crippen LogP contribution in [0.5, 0.6) is 5.75 Å². The van der Waals surface area contributed by atoms with E-state index in [2.05, 4.69) is 5.32 Å². The van der Waals surface area contributed by atoms with E-state index in [9.17, 15) is 4.39 Å². The first-order valence-corrected chi connectivity index (χ1v) is 5.95. The molecule has 94 valence electrons. The van der Waals surface area contributed by atoms with Crippen molar-refractivity contribution in [2.24, 2.45) is 0 Å². The minimum absolute atomic E-state index is 0.152. The van der Waals surface area contributed by atoms with Gasteiger partial charge in [0.1, 0.15) is 6.61 Å². The molecule has 17 heavy (non-hydrogen) atoms. The SMILES string of the molecule is C/C=C/COc1ccc(C(C)NCC)cc1F. The summed E-state index contributed by atoms with van der Waals surface area (Å²) in [6, 6.07) is 5.25. The predicted octanol–water partition coefficient (Wildman–Crippen LogP) is 3.45. The van der Waals surface area contributed by atoms with Crippen LogP contribution >= 0.6 is 0 Å². The maximum Gasteiger partial charge on any atom is 0.165 e. The number of rotatable bonds is 6. The first kappa shape index (κ1) is 13.7. The molecule has 1 atom stereocenters. The topological polar surface area (TPSA) is 21.3 Å². The second-order valence-corrected chi connectivity index (χ2v) is 3.85. The highest BCUT2D eigenvalue weighted by Gasteiger charge is 2.08. The molecule has 0 heterocycles. The summed E-state index contributed by atoms with van der Waals surface area (Å²) >= 11 is 0. The number of hydrogen-bond acceptors (Lipinski definition) is 2. The molecule has 0 saturated heterocycles. The van der Waals surface area contributed by atoms with Crippen LogP contribution in [0.3, 0.4) is 0 Å². The molecule has 0 spiro atoms. The molecule has 0 aliphatic rings. The van der Waals surface area contributed by atoms with Crippen molar-refractivity contribution in [3.63, 3.8) is 0 Å². The van der Waals surface area contributed by atoms with Gasteiger partial charge in [-0.25, -0.2) is 4.39 Å². The van der Waals surface area contributed by atoms with E-state index in [4.69, 9.17) is 4.74 Å². The molecule has 1 aromatic carbocycles. The highest BCUT2D eigenvalue weighted by Crippen LogP contribution is 2.22. The van der Waals surface area contributed by atoms with Crippen molar-refractivity contribution >= 4 is 0 Å². The van der Waals surface area contributed by atoms with E-state index < -0.39 is 0 Å². The molecule has 0 aromatic heterocycles. The average Bonchev–Trinajstić information content (AvgIpc) is 2.31. The van der Waals surface area contributed by atoms with E-state index in [1.165, 1.54) is 6.07 Å². The molecule has 1 N–H and O–H groups in total. The van der Waals surface area contributed by atoms with Crippen LogP contribution in [-0.2, 0) is 0 Å². The summed E-state index contributed by atoms with van der Waals surface area (Å²) in [4.78, 5) is 0. The smallest absolute Gasteiger partial charge is 0.165 e. The lowest BCUT2D eigenvalue weighted by atomic mass is 10.1. The Morgan fingerprint density at radius 1 is 1.47 bits per heavy atom. The van der Waals surface area contributed by atoms with Crippen LogP contribution < -0.4 is 10.1 Å². The molecule has 1 rings (SSSR count). The van der Waals surface area contributed by atoms with Gasteiger partial charge in [-0.15, -0.1) is 0 Å². The van der Waals surface area contributed by atoms with E-state index >= 15 is 0 Å². The van der Waals surface area contributed by atoms with Crippen molar-refractivity contribution in [2.75, 3.05) is 13.2 Å². The standard InChI is InChI=1S/C14H20FNO/c1-4-6-9-17-14-8-7-12(10-13(14)15)11(3)16-5-2/h4,6-8,10-11,16H,5,9H2,1-3H3/b6-4+. The zero-order chi connectivity index (χ0) is 12.7. The van der Waals surface area contributed by atoms with Crippen LogP contribution in [0.25, 0.3) is 0 Å². The minimum Gasteiger partial charge on any atom is -0.486 e. The highest BCUT2D eigenvalue weighted by atomic mass is 19.1. The second-order valence-electron chi connectivity index (χ2n) is 3.85. The Hall–Kier alpha value is -1.35. The molecule has 1 unspecified atom stereocenters. The fourth-order valence-electron chi connectivity index (χ4n) is 1.56. The third-order valence-electron chi connectivity index (χ3n) is 2.54. The number of hydrogen-bond donors (Lipinski definition) is 1. The van der Waals surface area contributed by atoms with Crippen molar-refractivity contribution < 1.29 is 9.13 Å². The van der Waals surface area contributed by atoms with E-state index in [0.29, 0.717) is 12.4 Å². The first-order chi connectivity index (χ1) is 8.19. The molecule has 0 aliphatic carbocycles. The van der Waals surface area contributed by atoms with Crippen molar-refractivity contribution in [3.8, 4) is 5.75 Å². The summed E-state index contributed by atoms with van der Waals surface area (Å²) in [6.45, 7) is 7.21. The van der Waals surface area contributed by atoms with Gasteiger partial charge in [-0.3, -0.25) is 0 Å². The van der Waals surface area contributed by atoms with Gasteiger partial charge in [0.15, 0.2) is 11.6 Å². The lowest BCUT2D eigenvalue weighted by Gasteiger charge is -2.14. The normalized spacial score (nSPS) is 12.9. The second kappa shape index (κ2) is 7.07. The molecule has 0 fully saturated rings. The number of nitrogens with one attached hydrogen (secondary N) is 1. The quantitative estimate of drug-likeness (QED) is 0.765. The predicted molar refractivity (Wildman–Crippen MR) is 68.8 cm³/mol. The van der Waals surface area contributed by atoms with Gasteiger partial charge in [0.25, 0.3) is 0 Å². The Bertz CT molecular complexity index is 376. The summed E-state index contributed by atoms with van der Waals surface area (Å²) in [5.41, 5.74) is 0.933. The molecule has 0 aliphatic heterocycles. The molecule has 2 nitrogen and oxygen atoms in total. The van der Waals surface area contributed by atoms with Gasteiger partial charge in [0, 0.05) is 6.04 Å². The van der Waals surface area contributed by atoms with Crippen LogP contribution in [0.1, 0.15) is 32.4 Å². The number of benzene rings is 1. The average molecular weight is 237 g/mol. The minimum atomic E-state index is -0.309. The van der Waals surface area contributed by atoms with Crippen molar-refractivity contribution in [2.45, 2.75) is 26.8 Å². The number of allylic oxidation sites excluding steroid dienone is 1. The largest absolute Gasteiger partial charge is 0.486 e. The van der Waals surface area contributed by atoms with Gasteiger partial charge in [0.05, 0.1) is 0 Å². The van der Waals surface area contributed by atoms with E-state index in [1.54, 1.807) is 6.07 Å². The lowest BCUT2D eigenvalue weighted by Crippen LogP contribution is -2.17.